The Morgan fingerprint density at radius 1 is 1.16 bits per heavy atom. The van der Waals surface area contributed by atoms with Crippen LogP contribution in [0, 0.1) is 12.8 Å². The normalized spacial score (nSPS) is 16.6. The number of ketones is 1. The van der Waals surface area contributed by atoms with Gasteiger partial charge in [0, 0.05) is 29.8 Å². The van der Waals surface area contributed by atoms with Crippen LogP contribution in [0.5, 0.6) is 5.75 Å². The maximum Gasteiger partial charge on any atom is 0.165 e. The van der Waals surface area contributed by atoms with Gasteiger partial charge in [0.1, 0.15) is 12.4 Å². The minimum absolute atomic E-state index is 0.259. The minimum Gasteiger partial charge on any atom is -0.489 e. The lowest BCUT2D eigenvalue weighted by Gasteiger charge is -2.16. The van der Waals surface area contributed by atoms with Gasteiger partial charge in [0.25, 0.3) is 0 Å². The number of Topliss-reactive ketones (excluding diaryl/α,β-unsaturated/α-hetero) is 1. The molecule has 0 unspecified atom stereocenters. The Balaban J connectivity index is 1.52. The Morgan fingerprint density at radius 3 is 2.60 bits per heavy atom. The van der Waals surface area contributed by atoms with Gasteiger partial charge < -0.3 is 10.1 Å². The zero-order chi connectivity index (χ0) is 17.4. The highest BCUT2D eigenvalue weighted by Gasteiger charge is 2.30. The standard InChI is InChI=1S/C22H25NO2/c1-14-12-17(22(24)16-8-9-16)10-11-21(14)25-13-19-18(15-6-7-15)4-3-5-20(19)23-2/h3-5,10-12,15-16,23H,6-9,13H2,1-2H3. The number of rotatable bonds is 7. The average molecular weight is 335 g/mol. The summed E-state index contributed by atoms with van der Waals surface area (Å²) in [5, 5.41) is 3.29. The van der Waals surface area contributed by atoms with E-state index in [-0.39, 0.29) is 11.7 Å². The van der Waals surface area contributed by atoms with Crippen molar-refractivity contribution in [2.45, 2.75) is 45.1 Å². The highest BCUT2D eigenvalue weighted by atomic mass is 16.5. The average Bonchev–Trinajstić information content (AvgIpc) is 3.51. The molecule has 130 valence electrons. The van der Waals surface area contributed by atoms with Crippen molar-refractivity contribution in [3.8, 4) is 5.75 Å². The van der Waals surface area contributed by atoms with Crippen molar-refractivity contribution in [2.75, 3.05) is 12.4 Å². The largest absolute Gasteiger partial charge is 0.489 e. The lowest BCUT2D eigenvalue weighted by atomic mass is 10.0. The highest BCUT2D eigenvalue weighted by Crippen LogP contribution is 2.43. The fourth-order valence-electron chi connectivity index (χ4n) is 3.47. The lowest BCUT2D eigenvalue weighted by Crippen LogP contribution is -2.06. The SMILES string of the molecule is CNc1cccc(C2CC2)c1COc1ccc(C(=O)C2CC2)cc1C. The second-order valence-electron chi connectivity index (χ2n) is 7.31. The number of hydrogen-bond acceptors (Lipinski definition) is 3. The van der Waals surface area contributed by atoms with Crippen LogP contribution in [0.4, 0.5) is 5.69 Å². The molecular weight excluding hydrogens is 310 g/mol. The van der Waals surface area contributed by atoms with E-state index in [1.807, 2.05) is 32.2 Å². The molecule has 2 saturated carbocycles. The van der Waals surface area contributed by atoms with Crippen LogP contribution in [0.3, 0.4) is 0 Å². The Morgan fingerprint density at radius 2 is 1.96 bits per heavy atom. The van der Waals surface area contributed by atoms with Gasteiger partial charge in [0.15, 0.2) is 5.78 Å². The number of benzene rings is 2. The summed E-state index contributed by atoms with van der Waals surface area (Å²) in [6.07, 6.45) is 4.64. The van der Waals surface area contributed by atoms with E-state index in [0.29, 0.717) is 12.5 Å². The van der Waals surface area contributed by atoms with Gasteiger partial charge in [-0.1, -0.05) is 12.1 Å². The number of nitrogens with one attached hydrogen (secondary N) is 1. The predicted octanol–water partition coefficient (Wildman–Crippen LogP) is 5.09. The van der Waals surface area contributed by atoms with E-state index in [9.17, 15) is 4.79 Å². The second kappa shape index (κ2) is 6.55. The van der Waals surface area contributed by atoms with Crippen LogP contribution < -0.4 is 10.1 Å². The van der Waals surface area contributed by atoms with Gasteiger partial charge >= 0.3 is 0 Å². The highest BCUT2D eigenvalue weighted by molar-refractivity contribution is 5.99. The van der Waals surface area contributed by atoms with Crippen molar-refractivity contribution in [2.24, 2.45) is 5.92 Å². The van der Waals surface area contributed by atoms with E-state index in [1.54, 1.807) is 0 Å². The topological polar surface area (TPSA) is 38.3 Å². The summed E-state index contributed by atoms with van der Waals surface area (Å²) < 4.78 is 6.14. The molecular formula is C22H25NO2. The molecule has 0 atom stereocenters. The van der Waals surface area contributed by atoms with E-state index in [1.165, 1.54) is 24.0 Å². The molecule has 25 heavy (non-hydrogen) atoms. The Kier molecular flexibility index (Phi) is 4.24. The van der Waals surface area contributed by atoms with Crippen LogP contribution in [0.25, 0.3) is 0 Å². The first-order valence-electron chi connectivity index (χ1n) is 9.24. The maximum absolute atomic E-state index is 12.2. The number of hydrogen-bond donors (Lipinski definition) is 1. The lowest BCUT2D eigenvalue weighted by molar-refractivity contribution is 0.0967. The summed E-state index contributed by atoms with van der Waals surface area (Å²) in [5.74, 6) is 2.09. The quantitative estimate of drug-likeness (QED) is 0.717. The van der Waals surface area contributed by atoms with Gasteiger partial charge in [-0.05, 0) is 73.9 Å². The number of anilines is 1. The summed E-state index contributed by atoms with van der Waals surface area (Å²) in [6.45, 7) is 2.57. The van der Waals surface area contributed by atoms with Gasteiger partial charge in [-0.25, -0.2) is 0 Å². The summed E-state index contributed by atoms with van der Waals surface area (Å²) in [5.41, 5.74) is 5.65. The monoisotopic (exact) mass is 335 g/mol. The van der Waals surface area contributed by atoms with Gasteiger partial charge in [-0.2, -0.15) is 0 Å². The van der Waals surface area contributed by atoms with Crippen molar-refractivity contribution in [3.05, 3.63) is 58.7 Å². The van der Waals surface area contributed by atoms with Gasteiger partial charge in [-0.15, -0.1) is 0 Å². The van der Waals surface area contributed by atoms with Crippen molar-refractivity contribution in [3.63, 3.8) is 0 Å². The van der Waals surface area contributed by atoms with Gasteiger partial charge in [0.05, 0.1) is 0 Å². The number of carbonyl (C=O) groups is 1. The molecule has 0 radical (unpaired) electrons. The zero-order valence-electron chi connectivity index (χ0n) is 15.0. The first kappa shape index (κ1) is 16.2. The molecule has 0 bridgehead atoms. The Bertz CT molecular complexity index is 804. The number of ether oxygens (including phenoxy) is 1. The van der Waals surface area contributed by atoms with E-state index >= 15 is 0 Å². The van der Waals surface area contributed by atoms with Crippen LogP contribution in [0.2, 0.25) is 0 Å². The molecule has 0 amide bonds. The molecule has 2 aromatic rings. The molecule has 4 rings (SSSR count). The molecule has 0 saturated heterocycles. The van der Waals surface area contributed by atoms with E-state index in [2.05, 4.69) is 23.5 Å². The van der Waals surface area contributed by atoms with Crippen LogP contribution in [0.1, 0.15) is 58.6 Å². The van der Waals surface area contributed by atoms with Crippen molar-refractivity contribution in [1.29, 1.82) is 0 Å². The summed E-state index contributed by atoms with van der Waals surface area (Å²) in [4.78, 5) is 12.2. The molecule has 3 nitrogen and oxygen atoms in total. The van der Waals surface area contributed by atoms with Crippen molar-refractivity contribution < 1.29 is 9.53 Å². The first-order valence-corrected chi connectivity index (χ1v) is 9.24. The van der Waals surface area contributed by atoms with Crippen molar-refractivity contribution >= 4 is 11.5 Å². The van der Waals surface area contributed by atoms with Crippen molar-refractivity contribution in [1.82, 2.24) is 0 Å². The third-order valence-corrected chi connectivity index (χ3v) is 5.28. The van der Waals surface area contributed by atoms with Gasteiger partial charge in [-0.3, -0.25) is 4.79 Å². The molecule has 2 aromatic carbocycles. The predicted molar refractivity (Wildman–Crippen MR) is 101 cm³/mol. The van der Waals surface area contributed by atoms with E-state index < -0.39 is 0 Å². The number of carbonyl (C=O) groups excluding carboxylic acids is 1. The van der Waals surface area contributed by atoms with Crippen LogP contribution in [-0.2, 0) is 6.61 Å². The summed E-state index contributed by atoms with van der Waals surface area (Å²) in [6, 6.07) is 12.3. The summed E-state index contributed by atoms with van der Waals surface area (Å²) in [7, 11) is 1.96. The minimum atomic E-state index is 0.259. The maximum atomic E-state index is 12.2. The van der Waals surface area contributed by atoms with Crippen LogP contribution in [-0.4, -0.2) is 12.8 Å². The first-order chi connectivity index (χ1) is 12.2. The third-order valence-electron chi connectivity index (χ3n) is 5.28. The number of aryl methyl sites for hydroxylation is 1. The zero-order valence-corrected chi connectivity index (χ0v) is 15.0. The molecule has 3 heteroatoms. The second-order valence-corrected chi connectivity index (χ2v) is 7.31. The van der Waals surface area contributed by atoms with Crippen LogP contribution in [0.15, 0.2) is 36.4 Å². The molecule has 2 aliphatic rings. The Labute approximate surface area is 149 Å². The van der Waals surface area contributed by atoms with E-state index in [4.69, 9.17) is 4.74 Å². The fraction of sp³-hybridized carbons (Fsp3) is 0.409. The van der Waals surface area contributed by atoms with Crippen LogP contribution >= 0.6 is 0 Å². The molecule has 0 aliphatic heterocycles. The Hall–Kier alpha value is -2.29. The molecule has 0 aromatic heterocycles. The molecule has 0 heterocycles. The smallest absolute Gasteiger partial charge is 0.165 e. The third kappa shape index (κ3) is 3.41. The summed E-state index contributed by atoms with van der Waals surface area (Å²) >= 11 is 0. The van der Waals surface area contributed by atoms with Gasteiger partial charge in [0.2, 0.25) is 0 Å². The molecule has 0 spiro atoms. The molecule has 2 fully saturated rings. The van der Waals surface area contributed by atoms with E-state index in [0.717, 1.165) is 35.4 Å². The molecule has 2 aliphatic carbocycles. The molecule has 1 N–H and O–H groups in total. The fourth-order valence-corrected chi connectivity index (χ4v) is 3.47.